The Bertz CT molecular complexity index is 558. The third-order valence-electron chi connectivity index (χ3n) is 3.62. The van der Waals surface area contributed by atoms with Crippen LogP contribution in [0.1, 0.15) is 76.9 Å². The molecule has 0 saturated carbocycles. The van der Waals surface area contributed by atoms with Crippen molar-refractivity contribution < 1.29 is 4.79 Å². The lowest BCUT2D eigenvalue weighted by Gasteiger charge is -2.26. The van der Waals surface area contributed by atoms with E-state index in [-0.39, 0.29) is 5.91 Å². The Kier molecular flexibility index (Phi) is 18.8. The Morgan fingerprint density at radius 1 is 0.926 bits per heavy atom. The molecule has 2 aromatic rings. The molecule has 0 aromatic carbocycles. The number of aromatic nitrogens is 2. The van der Waals surface area contributed by atoms with Crippen LogP contribution in [0.2, 0.25) is 0 Å². The van der Waals surface area contributed by atoms with Crippen LogP contribution < -0.4 is 0 Å². The molecule has 1 aliphatic heterocycles. The Hall–Kier alpha value is -2.10. The SMILES string of the molecule is CC.CC.CC.Cc1cccnc1.Cn1cccc1C(=O)N1CCCCC1. The van der Waals surface area contributed by atoms with Crippen molar-refractivity contribution in [1.29, 1.82) is 0 Å². The van der Waals surface area contributed by atoms with Crippen molar-refractivity contribution in [3.05, 3.63) is 54.1 Å². The molecule has 4 nitrogen and oxygen atoms in total. The lowest BCUT2D eigenvalue weighted by atomic mass is 10.1. The van der Waals surface area contributed by atoms with Gasteiger partial charge in [0.15, 0.2) is 0 Å². The zero-order chi connectivity index (χ0) is 21.1. The molecule has 0 spiro atoms. The molecular weight excluding hydrogens is 334 g/mol. The Balaban J connectivity index is 0. The predicted molar refractivity (Wildman–Crippen MR) is 118 cm³/mol. The molecule has 0 N–H and O–H groups in total. The Morgan fingerprint density at radius 2 is 1.52 bits per heavy atom. The number of carbonyl (C=O) groups excluding carboxylic acids is 1. The summed E-state index contributed by atoms with van der Waals surface area (Å²) in [5.74, 6) is 0.178. The largest absolute Gasteiger partial charge is 0.347 e. The van der Waals surface area contributed by atoms with Gasteiger partial charge in [-0.1, -0.05) is 47.6 Å². The van der Waals surface area contributed by atoms with E-state index in [0.717, 1.165) is 31.6 Å². The molecule has 1 fully saturated rings. The van der Waals surface area contributed by atoms with Gasteiger partial charge in [-0.25, -0.2) is 0 Å². The number of hydrogen-bond donors (Lipinski definition) is 0. The minimum Gasteiger partial charge on any atom is -0.347 e. The van der Waals surface area contributed by atoms with Gasteiger partial charge in [-0.05, 0) is 49.9 Å². The standard InChI is InChI=1S/C11H16N2O.C6H7N.3C2H6/c1-12-7-5-6-10(12)11(14)13-8-3-2-4-9-13;1-6-3-2-4-7-5-6;3*1-2/h5-7H,2-4,8-9H2,1H3;2-5H,1H3;3*1-2H3. The van der Waals surface area contributed by atoms with Gasteiger partial charge in [-0.2, -0.15) is 0 Å². The summed E-state index contributed by atoms with van der Waals surface area (Å²) in [5.41, 5.74) is 2.01. The maximum absolute atomic E-state index is 12.0. The monoisotopic (exact) mass is 375 g/mol. The van der Waals surface area contributed by atoms with E-state index in [0.29, 0.717) is 0 Å². The van der Waals surface area contributed by atoms with Gasteiger partial charge >= 0.3 is 0 Å². The fourth-order valence-corrected chi connectivity index (χ4v) is 2.39. The molecule has 27 heavy (non-hydrogen) atoms. The van der Waals surface area contributed by atoms with Crippen molar-refractivity contribution in [1.82, 2.24) is 14.5 Å². The first-order chi connectivity index (χ1) is 13.2. The van der Waals surface area contributed by atoms with Gasteiger partial charge in [0, 0.05) is 38.7 Å². The van der Waals surface area contributed by atoms with Crippen molar-refractivity contribution in [3.8, 4) is 0 Å². The van der Waals surface area contributed by atoms with Crippen LogP contribution in [-0.2, 0) is 7.05 Å². The van der Waals surface area contributed by atoms with Crippen LogP contribution in [0.25, 0.3) is 0 Å². The zero-order valence-electron chi connectivity index (χ0n) is 18.8. The number of hydrogen-bond acceptors (Lipinski definition) is 2. The van der Waals surface area contributed by atoms with E-state index in [1.807, 2.05) is 102 Å². The second kappa shape index (κ2) is 18.7. The topological polar surface area (TPSA) is 38.1 Å². The number of piperidine rings is 1. The van der Waals surface area contributed by atoms with Crippen LogP contribution in [0.3, 0.4) is 0 Å². The van der Waals surface area contributed by atoms with Crippen LogP contribution in [0.15, 0.2) is 42.9 Å². The summed E-state index contributed by atoms with van der Waals surface area (Å²) in [7, 11) is 1.91. The normalized spacial score (nSPS) is 11.8. The second-order valence-corrected chi connectivity index (χ2v) is 5.39. The minimum absolute atomic E-state index is 0.178. The lowest BCUT2D eigenvalue weighted by molar-refractivity contribution is 0.0714. The number of aryl methyl sites for hydroxylation is 2. The van der Waals surface area contributed by atoms with Crippen LogP contribution in [0, 0.1) is 6.92 Å². The van der Waals surface area contributed by atoms with Gasteiger partial charge < -0.3 is 9.47 Å². The summed E-state index contributed by atoms with van der Waals surface area (Å²) in [6, 6.07) is 7.75. The maximum Gasteiger partial charge on any atom is 0.270 e. The molecule has 1 aliphatic rings. The van der Waals surface area contributed by atoms with Crippen molar-refractivity contribution in [2.75, 3.05) is 13.1 Å². The highest BCUT2D eigenvalue weighted by molar-refractivity contribution is 5.92. The van der Waals surface area contributed by atoms with Gasteiger partial charge in [0.25, 0.3) is 5.91 Å². The molecule has 154 valence electrons. The highest BCUT2D eigenvalue weighted by atomic mass is 16.2. The molecular formula is C23H41N3O. The van der Waals surface area contributed by atoms with Crippen LogP contribution in [0.5, 0.6) is 0 Å². The fraction of sp³-hybridized carbons (Fsp3) is 0.565. The summed E-state index contributed by atoms with van der Waals surface area (Å²) in [6.45, 7) is 15.9. The second-order valence-electron chi connectivity index (χ2n) is 5.39. The number of likely N-dealkylation sites (tertiary alicyclic amines) is 1. The van der Waals surface area contributed by atoms with Gasteiger partial charge in [0.1, 0.15) is 5.69 Å². The lowest BCUT2D eigenvalue weighted by Crippen LogP contribution is -2.36. The van der Waals surface area contributed by atoms with Crippen LogP contribution in [-0.4, -0.2) is 33.4 Å². The number of nitrogens with zero attached hydrogens (tertiary/aromatic N) is 3. The number of carbonyl (C=O) groups is 1. The highest BCUT2D eigenvalue weighted by Gasteiger charge is 2.19. The number of rotatable bonds is 1. The molecule has 3 rings (SSSR count). The molecule has 0 bridgehead atoms. The van der Waals surface area contributed by atoms with Crippen molar-refractivity contribution in [3.63, 3.8) is 0 Å². The first-order valence-electron chi connectivity index (χ1n) is 10.5. The molecule has 2 aromatic heterocycles. The molecule has 1 saturated heterocycles. The third-order valence-corrected chi connectivity index (χ3v) is 3.62. The van der Waals surface area contributed by atoms with Gasteiger partial charge in [-0.15, -0.1) is 0 Å². The molecule has 0 unspecified atom stereocenters. The molecule has 0 radical (unpaired) electrons. The summed E-state index contributed by atoms with van der Waals surface area (Å²) in [5, 5.41) is 0. The molecule has 4 heteroatoms. The quantitative estimate of drug-likeness (QED) is 0.602. The molecule has 0 atom stereocenters. The van der Waals surface area contributed by atoms with Crippen LogP contribution in [0.4, 0.5) is 0 Å². The molecule has 1 amide bonds. The number of pyridine rings is 1. The van der Waals surface area contributed by atoms with E-state index in [9.17, 15) is 4.79 Å². The Labute approximate surface area is 167 Å². The van der Waals surface area contributed by atoms with Gasteiger partial charge in [-0.3, -0.25) is 9.78 Å². The first kappa shape index (κ1) is 27.1. The predicted octanol–water partition coefficient (Wildman–Crippen LogP) is 6.12. The smallest absolute Gasteiger partial charge is 0.270 e. The van der Waals surface area contributed by atoms with Crippen molar-refractivity contribution in [2.24, 2.45) is 7.05 Å². The summed E-state index contributed by atoms with van der Waals surface area (Å²) in [4.78, 5) is 17.8. The van der Waals surface area contributed by atoms with Crippen molar-refractivity contribution >= 4 is 5.91 Å². The van der Waals surface area contributed by atoms with Gasteiger partial charge in [0.05, 0.1) is 0 Å². The van der Waals surface area contributed by atoms with Gasteiger partial charge in [0.2, 0.25) is 0 Å². The summed E-state index contributed by atoms with van der Waals surface area (Å²) >= 11 is 0. The summed E-state index contributed by atoms with van der Waals surface area (Å²) < 4.78 is 1.89. The highest BCUT2D eigenvalue weighted by Crippen LogP contribution is 2.12. The van der Waals surface area contributed by atoms with E-state index in [2.05, 4.69) is 4.98 Å². The average molecular weight is 376 g/mol. The van der Waals surface area contributed by atoms with E-state index < -0.39 is 0 Å². The van der Waals surface area contributed by atoms with Crippen molar-refractivity contribution in [2.45, 2.75) is 67.7 Å². The van der Waals surface area contributed by atoms with E-state index in [1.54, 1.807) is 6.20 Å². The van der Waals surface area contributed by atoms with E-state index in [4.69, 9.17) is 0 Å². The summed E-state index contributed by atoms with van der Waals surface area (Å²) in [6.07, 6.45) is 9.08. The van der Waals surface area contributed by atoms with E-state index >= 15 is 0 Å². The molecule has 0 aliphatic carbocycles. The van der Waals surface area contributed by atoms with Crippen LogP contribution >= 0.6 is 0 Å². The zero-order valence-corrected chi connectivity index (χ0v) is 18.8. The third kappa shape index (κ3) is 11.3. The Morgan fingerprint density at radius 3 is 1.89 bits per heavy atom. The number of amides is 1. The van der Waals surface area contributed by atoms with E-state index in [1.165, 1.54) is 12.0 Å². The molecule has 3 heterocycles. The maximum atomic E-state index is 12.0. The fourth-order valence-electron chi connectivity index (χ4n) is 2.39. The first-order valence-corrected chi connectivity index (χ1v) is 10.5. The minimum atomic E-state index is 0.178. The average Bonchev–Trinajstić information content (AvgIpc) is 3.19.